The highest BCUT2D eigenvalue weighted by Crippen LogP contribution is 2.15. The minimum absolute atomic E-state index is 0.0129. The lowest BCUT2D eigenvalue weighted by Gasteiger charge is -2.32. The van der Waals surface area contributed by atoms with Gasteiger partial charge in [-0.25, -0.2) is 17.5 Å². The fourth-order valence-electron chi connectivity index (χ4n) is 2.36. The first kappa shape index (κ1) is 14.4. The lowest BCUT2D eigenvalue weighted by Crippen LogP contribution is -2.47. The van der Waals surface area contributed by atoms with Gasteiger partial charge in [-0.05, 0) is 44.1 Å². The molecule has 1 aliphatic heterocycles. The van der Waals surface area contributed by atoms with Crippen LogP contribution in [0.2, 0.25) is 0 Å². The molecule has 0 amide bonds. The number of sulfonamides is 1. The molecule has 0 bridgehead atoms. The molecule has 1 unspecified atom stereocenters. The van der Waals surface area contributed by atoms with Gasteiger partial charge in [0.15, 0.2) is 0 Å². The summed E-state index contributed by atoms with van der Waals surface area (Å²) >= 11 is 0. The maximum atomic E-state index is 13.1. The zero-order valence-corrected chi connectivity index (χ0v) is 11.8. The van der Waals surface area contributed by atoms with E-state index in [9.17, 15) is 12.8 Å². The molecule has 1 aromatic carbocycles. The highest BCUT2D eigenvalue weighted by molar-refractivity contribution is 7.89. The van der Waals surface area contributed by atoms with E-state index in [0.29, 0.717) is 6.54 Å². The highest BCUT2D eigenvalue weighted by Gasteiger charge is 2.24. The third-order valence-electron chi connectivity index (χ3n) is 3.38. The summed E-state index contributed by atoms with van der Waals surface area (Å²) in [5.41, 5.74) is 0. The Labute approximate surface area is 113 Å². The van der Waals surface area contributed by atoms with E-state index in [1.54, 1.807) is 0 Å². The molecule has 19 heavy (non-hydrogen) atoms. The van der Waals surface area contributed by atoms with Crippen molar-refractivity contribution in [1.29, 1.82) is 0 Å². The molecule has 1 atom stereocenters. The van der Waals surface area contributed by atoms with E-state index in [1.807, 2.05) is 0 Å². The van der Waals surface area contributed by atoms with E-state index < -0.39 is 15.8 Å². The number of hydrogen-bond acceptors (Lipinski definition) is 3. The Morgan fingerprint density at radius 2 is 2.26 bits per heavy atom. The van der Waals surface area contributed by atoms with Crippen molar-refractivity contribution >= 4 is 10.0 Å². The number of benzene rings is 1. The van der Waals surface area contributed by atoms with Crippen LogP contribution in [0.15, 0.2) is 29.2 Å². The fraction of sp³-hybridized carbons (Fsp3) is 0.538. The van der Waals surface area contributed by atoms with Crippen molar-refractivity contribution in [1.82, 2.24) is 9.62 Å². The molecular formula is C13H19FN2O2S. The molecule has 0 saturated carbocycles. The van der Waals surface area contributed by atoms with Gasteiger partial charge in [0.25, 0.3) is 0 Å². The Kier molecular flexibility index (Phi) is 4.54. The summed E-state index contributed by atoms with van der Waals surface area (Å²) in [7, 11) is -3.63. The topological polar surface area (TPSA) is 49.4 Å². The molecule has 6 heteroatoms. The number of nitrogens with zero attached hydrogens (tertiary/aromatic N) is 1. The summed E-state index contributed by atoms with van der Waals surface area (Å²) in [4.78, 5) is 2.20. The summed E-state index contributed by atoms with van der Waals surface area (Å²) in [5.74, 6) is -0.540. The summed E-state index contributed by atoms with van der Waals surface area (Å²) in [6, 6.07) is 5.00. The van der Waals surface area contributed by atoms with Crippen molar-refractivity contribution in [2.75, 3.05) is 19.6 Å². The third kappa shape index (κ3) is 3.75. The Balaban J connectivity index is 2.09. The number of rotatable bonds is 4. The minimum atomic E-state index is -3.63. The van der Waals surface area contributed by atoms with Crippen LogP contribution in [0.5, 0.6) is 0 Å². The molecule has 0 aliphatic carbocycles. The lowest BCUT2D eigenvalue weighted by atomic mass is 10.1. The van der Waals surface area contributed by atoms with Crippen LogP contribution in [0.25, 0.3) is 0 Å². The van der Waals surface area contributed by atoms with E-state index in [4.69, 9.17) is 0 Å². The predicted molar refractivity (Wildman–Crippen MR) is 71.9 cm³/mol. The molecule has 4 nitrogen and oxygen atoms in total. The van der Waals surface area contributed by atoms with Gasteiger partial charge in [-0.3, -0.25) is 0 Å². The SMILES string of the molecule is CCN1CCCC(NS(=O)(=O)c2cccc(F)c2)C1. The van der Waals surface area contributed by atoms with Gasteiger partial charge in [-0.2, -0.15) is 0 Å². The number of halogens is 1. The Morgan fingerprint density at radius 1 is 1.47 bits per heavy atom. The molecule has 2 rings (SSSR count). The number of piperidine rings is 1. The van der Waals surface area contributed by atoms with Crippen LogP contribution < -0.4 is 4.72 Å². The van der Waals surface area contributed by atoms with E-state index in [0.717, 1.165) is 32.0 Å². The van der Waals surface area contributed by atoms with Crippen molar-refractivity contribution in [3.8, 4) is 0 Å². The van der Waals surface area contributed by atoms with Crippen LogP contribution >= 0.6 is 0 Å². The molecule has 0 aromatic heterocycles. The first-order chi connectivity index (χ1) is 9.01. The second kappa shape index (κ2) is 5.98. The van der Waals surface area contributed by atoms with Gasteiger partial charge < -0.3 is 4.90 Å². The van der Waals surface area contributed by atoms with Gasteiger partial charge in [-0.1, -0.05) is 13.0 Å². The largest absolute Gasteiger partial charge is 0.302 e. The van der Waals surface area contributed by atoms with E-state index in [-0.39, 0.29) is 10.9 Å². The van der Waals surface area contributed by atoms with Crippen molar-refractivity contribution in [2.24, 2.45) is 0 Å². The van der Waals surface area contributed by atoms with Crippen molar-refractivity contribution in [3.63, 3.8) is 0 Å². The first-order valence-electron chi connectivity index (χ1n) is 6.51. The Morgan fingerprint density at radius 3 is 2.95 bits per heavy atom. The highest BCUT2D eigenvalue weighted by atomic mass is 32.2. The van der Waals surface area contributed by atoms with Crippen LogP contribution in [0.1, 0.15) is 19.8 Å². The van der Waals surface area contributed by atoms with Crippen molar-refractivity contribution < 1.29 is 12.8 Å². The van der Waals surface area contributed by atoms with E-state index >= 15 is 0 Å². The Bertz CT molecular complexity index is 533. The van der Waals surface area contributed by atoms with Gasteiger partial charge in [0.05, 0.1) is 4.90 Å². The van der Waals surface area contributed by atoms with Gasteiger partial charge >= 0.3 is 0 Å². The first-order valence-corrected chi connectivity index (χ1v) is 8.00. The number of likely N-dealkylation sites (N-methyl/N-ethyl adjacent to an activating group) is 1. The second-order valence-corrected chi connectivity index (χ2v) is 6.53. The molecule has 1 saturated heterocycles. The zero-order valence-electron chi connectivity index (χ0n) is 11.0. The fourth-order valence-corrected chi connectivity index (χ4v) is 3.65. The zero-order chi connectivity index (χ0) is 13.9. The van der Waals surface area contributed by atoms with Crippen LogP contribution in [0.3, 0.4) is 0 Å². The molecule has 0 radical (unpaired) electrons. The molecule has 1 aromatic rings. The van der Waals surface area contributed by atoms with E-state index in [2.05, 4.69) is 16.5 Å². The average Bonchev–Trinajstić information content (AvgIpc) is 2.38. The normalized spacial score (nSPS) is 21.5. The smallest absolute Gasteiger partial charge is 0.240 e. The maximum Gasteiger partial charge on any atom is 0.240 e. The summed E-state index contributed by atoms with van der Waals surface area (Å²) in [5, 5.41) is 0. The van der Waals surface area contributed by atoms with Crippen LogP contribution in [-0.2, 0) is 10.0 Å². The Hall–Kier alpha value is -0.980. The number of likely N-dealkylation sites (tertiary alicyclic amines) is 1. The molecule has 0 spiro atoms. The quantitative estimate of drug-likeness (QED) is 0.914. The average molecular weight is 286 g/mol. The van der Waals surface area contributed by atoms with Gasteiger partial charge in [0.2, 0.25) is 10.0 Å². The summed E-state index contributed by atoms with van der Waals surface area (Å²) < 4.78 is 40.1. The van der Waals surface area contributed by atoms with Crippen molar-refractivity contribution in [2.45, 2.75) is 30.7 Å². The molecule has 106 valence electrons. The van der Waals surface area contributed by atoms with Gasteiger partial charge in [-0.15, -0.1) is 0 Å². The van der Waals surface area contributed by atoms with Crippen LogP contribution in [0.4, 0.5) is 4.39 Å². The maximum absolute atomic E-state index is 13.1. The predicted octanol–water partition coefficient (Wildman–Crippen LogP) is 1.59. The standard InChI is InChI=1S/C13H19FN2O2S/c1-2-16-8-4-6-12(10-16)15-19(17,18)13-7-3-5-11(14)9-13/h3,5,7,9,12,15H,2,4,6,8,10H2,1H3. The van der Waals surface area contributed by atoms with Gasteiger partial charge in [0, 0.05) is 12.6 Å². The molecule has 1 heterocycles. The van der Waals surface area contributed by atoms with E-state index in [1.165, 1.54) is 18.2 Å². The number of hydrogen-bond donors (Lipinski definition) is 1. The summed E-state index contributed by atoms with van der Waals surface area (Å²) in [6.45, 7) is 4.70. The second-order valence-electron chi connectivity index (χ2n) is 4.81. The molecule has 1 aliphatic rings. The van der Waals surface area contributed by atoms with Crippen LogP contribution in [0, 0.1) is 5.82 Å². The van der Waals surface area contributed by atoms with Gasteiger partial charge in [0.1, 0.15) is 5.82 Å². The molecular weight excluding hydrogens is 267 g/mol. The molecule has 1 N–H and O–H groups in total. The number of nitrogens with one attached hydrogen (secondary N) is 1. The van der Waals surface area contributed by atoms with Crippen LogP contribution in [-0.4, -0.2) is 39.0 Å². The minimum Gasteiger partial charge on any atom is -0.302 e. The molecule has 1 fully saturated rings. The van der Waals surface area contributed by atoms with Crippen molar-refractivity contribution in [3.05, 3.63) is 30.1 Å². The monoisotopic (exact) mass is 286 g/mol. The lowest BCUT2D eigenvalue weighted by molar-refractivity contribution is 0.211. The summed E-state index contributed by atoms with van der Waals surface area (Å²) in [6.07, 6.45) is 1.80. The third-order valence-corrected chi connectivity index (χ3v) is 4.90.